The van der Waals surface area contributed by atoms with Crippen LogP contribution in [0.1, 0.15) is 53.4 Å². The first-order chi connectivity index (χ1) is 12.7. The van der Waals surface area contributed by atoms with E-state index in [4.69, 9.17) is 0 Å². The average molecular weight is 380 g/mol. The molecule has 0 atom stereocenters. The van der Waals surface area contributed by atoms with Crippen LogP contribution in [0.15, 0.2) is 23.0 Å². The first-order valence-electron chi connectivity index (χ1n) is 8.58. The smallest absolute Gasteiger partial charge is 0.275 e. The highest BCUT2D eigenvalue weighted by Gasteiger charge is 2.34. The Morgan fingerprint density at radius 1 is 1.26 bits per heavy atom. The number of rotatable bonds is 3. The Hall–Kier alpha value is -2.71. The van der Waals surface area contributed by atoms with Crippen LogP contribution in [0.25, 0.3) is 5.78 Å². The lowest BCUT2D eigenvalue weighted by molar-refractivity contribution is -0.140. The molecule has 9 heteroatoms. The lowest BCUT2D eigenvalue weighted by Crippen LogP contribution is -2.26. The van der Waals surface area contributed by atoms with Crippen LogP contribution >= 0.6 is 0 Å². The van der Waals surface area contributed by atoms with Crippen LogP contribution in [0.2, 0.25) is 0 Å². The van der Waals surface area contributed by atoms with Crippen molar-refractivity contribution in [3.05, 3.63) is 62.6 Å². The fourth-order valence-electron chi connectivity index (χ4n) is 3.36. The molecular weight excluding hydrogens is 364 g/mol. The summed E-state index contributed by atoms with van der Waals surface area (Å²) in [5.74, 6) is -0.479. The summed E-state index contributed by atoms with van der Waals surface area (Å²) in [7, 11) is 0. The van der Waals surface area contributed by atoms with Gasteiger partial charge in [0.1, 0.15) is 11.6 Å². The number of nitrogens with zero attached hydrogens (tertiary/aromatic N) is 3. The van der Waals surface area contributed by atoms with Gasteiger partial charge in [0.05, 0.1) is 11.3 Å². The molecule has 4 rings (SSSR count). The lowest BCUT2D eigenvalue weighted by Gasteiger charge is -2.26. The van der Waals surface area contributed by atoms with E-state index in [1.54, 1.807) is 6.92 Å². The summed E-state index contributed by atoms with van der Waals surface area (Å²) in [6.45, 7) is 1.69. The molecule has 0 unspecified atom stereocenters. The van der Waals surface area contributed by atoms with Crippen molar-refractivity contribution in [2.24, 2.45) is 0 Å². The maximum absolute atomic E-state index is 13.6. The number of nitrogens with one attached hydrogen (secondary N) is 1. The highest BCUT2D eigenvalue weighted by atomic mass is 19.4. The van der Waals surface area contributed by atoms with E-state index >= 15 is 0 Å². The second-order valence-electron chi connectivity index (χ2n) is 6.84. The molecule has 1 aromatic carbocycles. The second kappa shape index (κ2) is 6.17. The van der Waals surface area contributed by atoms with Gasteiger partial charge in [0, 0.05) is 17.9 Å². The van der Waals surface area contributed by atoms with Gasteiger partial charge in [-0.15, -0.1) is 0 Å². The Kier molecular flexibility index (Phi) is 4.05. The minimum absolute atomic E-state index is 0.0535. The van der Waals surface area contributed by atoms with Gasteiger partial charge in [-0.3, -0.25) is 9.89 Å². The van der Waals surface area contributed by atoms with E-state index in [1.165, 1.54) is 10.6 Å². The van der Waals surface area contributed by atoms with Gasteiger partial charge in [-0.05, 0) is 37.5 Å². The summed E-state index contributed by atoms with van der Waals surface area (Å²) in [4.78, 5) is 21.6. The number of alkyl halides is 3. The highest BCUT2D eigenvalue weighted by molar-refractivity contribution is 5.38. The van der Waals surface area contributed by atoms with Gasteiger partial charge in [0.25, 0.3) is 11.3 Å². The van der Waals surface area contributed by atoms with Gasteiger partial charge in [-0.1, -0.05) is 12.5 Å². The topological polar surface area (TPSA) is 63.1 Å². The summed E-state index contributed by atoms with van der Waals surface area (Å²) in [6.07, 6.45) is -2.09. The van der Waals surface area contributed by atoms with Crippen LogP contribution in [-0.2, 0) is 12.6 Å². The molecule has 0 bridgehead atoms. The van der Waals surface area contributed by atoms with Gasteiger partial charge in [-0.2, -0.15) is 22.7 Å². The molecular formula is C18H16F4N4O. The standard InChI is InChI=1S/C18H16F4N4O/c1-9-23-17-24-15(11-3-2-4-11)12(16(27)26(17)25-9)7-10-5-6-14(19)13(8-10)18(20,21)22/h5-6,8,11H,2-4,7H2,1H3,(H,23,24,25). The predicted octanol–water partition coefficient (Wildman–Crippen LogP) is 3.74. The fourth-order valence-corrected chi connectivity index (χ4v) is 3.36. The maximum atomic E-state index is 13.6. The zero-order chi connectivity index (χ0) is 19.3. The number of aromatic nitrogens is 4. The van der Waals surface area contributed by atoms with Crippen molar-refractivity contribution in [2.75, 3.05) is 0 Å². The average Bonchev–Trinajstić information content (AvgIpc) is 2.90. The third-order valence-corrected chi connectivity index (χ3v) is 4.94. The number of hydrogen-bond donors (Lipinski definition) is 1. The molecule has 1 fully saturated rings. The summed E-state index contributed by atoms with van der Waals surface area (Å²) in [6, 6.07) is 2.80. The van der Waals surface area contributed by atoms with E-state index in [9.17, 15) is 22.4 Å². The van der Waals surface area contributed by atoms with Crippen molar-refractivity contribution < 1.29 is 17.6 Å². The largest absolute Gasteiger partial charge is 0.419 e. The van der Waals surface area contributed by atoms with E-state index in [1.807, 2.05) is 0 Å². The zero-order valence-electron chi connectivity index (χ0n) is 14.4. The summed E-state index contributed by atoms with van der Waals surface area (Å²) < 4.78 is 53.7. The quantitative estimate of drug-likeness (QED) is 0.704. The van der Waals surface area contributed by atoms with Gasteiger partial charge in [0.15, 0.2) is 0 Å². The summed E-state index contributed by atoms with van der Waals surface area (Å²) in [5, 5.41) is 2.79. The Morgan fingerprint density at radius 3 is 2.63 bits per heavy atom. The number of aryl methyl sites for hydroxylation is 1. The Labute approximate surface area is 151 Å². The first-order valence-corrected chi connectivity index (χ1v) is 8.58. The van der Waals surface area contributed by atoms with E-state index < -0.39 is 17.6 Å². The van der Waals surface area contributed by atoms with Crippen molar-refractivity contribution >= 4 is 5.78 Å². The van der Waals surface area contributed by atoms with Gasteiger partial charge in [0.2, 0.25) is 0 Å². The number of fused-ring (bicyclic) bond motifs is 1. The minimum Gasteiger partial charge on any atom is -0.275 e. The number of halogens is 4. The molecule has 0 amide bonds. The molecule has 3 aromatic rings. The van der Waals surface area contributed by atoms with Crippen molar-refractivity contribution in [3.63, 3.8) is 0 Å². The molecule has 5 nitrogen and oxygen atoms in total. The van der Waals surface area contributed by atoms with Crippen LogP contribution in [0.5, 0.6) is 0 Å². The minimum atomic E-state index is -4.80. The molecule has 0 saturated heterocycles. The van der Waals surface area contributed by atoms with E-state index in [0.29, 0.717) is 17.1 Å². The Balaban J connectivity index is 1.84. The molecule has 1 aliphatic carbocycles. The molecule has 142 valence electrons. The molecule has 2 heterocycles. The number of benzene rings is 1. The lowest BCUT2D eigenvalue weighted by atomic mass is 9.80. The van der Waals surface area contributed by atoms with E-state index in [-0.39, 0.29) is 29.2 Å². The molecule has 1 N–H and O–H groups in total. The molecule has 2 aromatic heterocycles. The summed E-state index contributed by atoms with van der Waals surface area (Å²) >= 11 is 0. The molecule has 0 spiro atoms. The Morgan fingerprint density at radius 2 is 2.00 bits per heavy atom. The van der Waals surface area contributed by atoms with Crippen molar-refractivity contribution in [1.82, 2.24) is 19.6 Å². The number of H-pyrrole nitrogens is 1. The molecule has 0 radical (unpaired) electrons. The van der Waals surface area contributed by atoms with Crippen LogP contribution in [0.4, 0.5) is 17.6 Å². The van der Waals surface area contributed by atoms with E-state index in [2.05, 4.69) is 15.1 Å². The normalized spacial score (nSPS) is 15.3. The zero-order valence-corrected chi connectivity index (χ0v) is 14.4. The number of aromatic amines is 1. The first kappa shape index (κ1) is 17.7. The van der Waals surface area contributed by atoms with Gasteiger partial charge in [-0.25, -0.2) is 9.37 Å². The third-order valence-electron chi connectivity index (χ3n) is 4.94. The monoisotopic (exact) mass is 380 g/mol. The van der Waals surface area contributed by atoms with Crippen molar-refractivity contribution in [3.8, 4) is 0 Å². The van der Waals surface area contributed by atoms with E-state index in [0.717, 1.165) is 31.4 Å². The highest BCUT2D eigenvalue weighted by Crippen LogP contribution is 2.37. The molecule has 27 heavy (non-hydrogen) atoms. The van der Waals surface area contributed by atoms with Crippen molar-refractivity contribution in [1.29, 1.82) is 0 Å². The predicted molar refractivity (Wildman–Crippen MR) is 89.1 cm³/mol. The van der Waals surface area contributed by atoms with Crippen molar-refractivity contribution in [2.45, 2.75) is 44.7 Å². The fraction of sp³-hybridized carbons (Fsp3) is 0.389. The van der Waals surface area contributed by atoms with Crippen LogP contribution < -0.4 is 5.56 Å². The maximum Gasteiger partial charge on any atom is 0.419 e. The van der Waals surface area contributed by atoms with Crippen LogP contribution in [-0.4, -0.2) is 19.6 Å². The van der Waals surface area contributed by atoms with Gasteiger partial charge >= 0.3 is 6.18 Å². The van der Waals surface area contributed by atoms with Crippen LogP contribution in [0.3, 0.4) is 0 Å². The molecule has 0 aliphatic heterocycles. The molecule has 1 aliphatic rings. The van der Waals surface area contributed by atoms with Crippen LogP contribution in [0, 0.1) is 12.7 Å². The summed E-state index contributed by atoms with van der Waals surface area (Å²) in [5.41, 5.74) is -0.618. The second-order valence-corrected chi connectivity index (χ2v) is 6.84. The molecule has 1 saturated carbocycles. The Bertz CT molecular complexity index is 1080. The SMILES string of the molecule is Cc1nc2nc(C3CCC3)c(Cc3ccc(F)c(C(F)(F)F)c3)c(=O)n2[nH]1. The van der Waals surface area contributed by atoms with Gasteiger partial charge < -0.3 is 0 Å². The third kappa shape index (κ3) is 3.11. The number of hydrogen-bond acceptors (Lipinski definition) is 3.